The number of hydrogen-bond donors (Lipinski definition) is 1. The first-order valence-corrected chi connectivity index (χ1v) is 11.2. The van der Waals surface area contributed by atoms with Crippen molar-refractivity contribution in [2.24, 2.45) is 5.41 Å². The van der Waals surface area contributed by atoms with Gasteiger partial charge in [-0.3, -0.25) is 14.6 Å². The van der Waals surface area contributed by atoms with E-state index in [1.807, 2.05) is 25.1 Å². The minimum absolute atomic E-state index is 0.00960. The summed E-state index contributed by atoms with van der Waals surface area (Å²) in [4.78, 5) is 32.3. The van der Waals surface area contributed by atoms with E-state index in [1.54, 1.807) is 23.2 Å². The normalized spacial score (nSPS) is 17.9. The number of nitrogens with zero attached hydrogens (tertiary/aromatic N) is 2. The molecule has 32 heavy (non-hydrogen) atoms. The van der Waals surface area contributed by atoms with Crippen molar-refractivity contribution in [3.05, 3.63) is 89.7 Å². The molecule has 2 heterocycles. The zero-order valence-corrected chi connectivity index (χ0v) is 18.7. The number of aromatic nitrogens is 1. The van der Waals surface area contributed by atoms with Crippen LogP contribution in [0, 0.1) is 12.3 Å². The zero-order chi connectivity index (χ0) is 22.6. The van der Waals surface area contributed by atoms with E-state index in [0.717, 1.165) is 16.7 Å². The number of pyridine rings is 1. The van der Waals surface area contributed by atoms with Gasteiger partial charge in [-0.1, -0.05) is 60.2 Å². The Morgan fingerprint density at radius 2 is 1.88 bits per heavy atom. The molecule has 0 aliphatic carbocycles. The highest BCUT2D eigenvalue weighted by Crippen LogP contribution is 2.38. The summed E-state index contributed by atoms with van der Waals surface area (Å²) in [5, 5.41) is 3.02. The van der Waals surface area contributed by atoms with Crippen molar-refractivity contribution in [3.63, 3.8) is 0 Å². The van der Waals surface area contributed by atoms with Crippen molar-refractivity contribution < 1.29 is 9.59 Å². The van der Waals surface area contributed by atoms with Gasteiger partial charge in [0.15, 0.2) is 0 Å². The predicted molar refractivity (Wildman–Crippen MR) is 126 cm³/mol. The smallest absolute Gasteiger partial charge is 0.272 e. The molecule has 5 nitrogen and oxygen atoms in total. The molecule has 0 saturated carbocycles. The summed E-state index contributed by atoms with van der Waals surface area (Å²) in [5.41, 5.74) is 4.35. The summed E-state index contributed by atoms with van der Waals surface area (Å²) < 4.78 is 0. The number of amides is 2. The van der Waals surface area contributed by atoms with Crippen LogP contribution in [0.4, 0.5) is 0 Å². The number of benzene rings is 2. The fourth-order valence-electron chi connectivity index (χ4n) is 4.59. The summed E-state index contributed by atoms with van der Waals surface area (Å²) in [6, 6.07) is 22.0. The molecule has 1 aliphatic rings. The summed E-state index contributed by atoms with van der Waals surface area (Å²) in [6.45, 7) is 5.50. The lowest BCUT2D eigenvalue weighted by atomic mass is 9.78. The molecule has 0 spiro atoms. The molecule has 5 heteroatoms. The lowest BCUT2D eigenvalue weighted by Crippen LogP contribution is -2.45. The van der Waals surface area contributed by atoms with Crippen LogP contribution < -0.4 is 5.32 Å². The Balaban J connectivity index is 1.66. The van der Waals surface area contributed by atoms with Gasteiger partial charge in [-0.25, -0.2) is 0 Å². The molecule has 1 saturated heterocycles. The molecule has 3 aromatic rings. The van der Waals surface area contributed by atoms with Crippen molar-refractivity contribution in [1.82, 2.24) is 15.2 Å². The average Bonchev–Trinajstić information content (AvgIpc) is 3.25. The topological polar surface area (TPSA) is 62.3 Å². The molecule has 4 rings (SSSR count). The maximum absolute atomic E-state index is 13.3. The standard InChI is InChI=1S/C27H29N3O2/c1-3-28-26(32)27(14-16-30(19-27)25(31)24-13-6-7-15-29-24)18-22-10-4-5-12-23(22)21-11-8-9-20(2)17-21/h4-13,15,17H,3,14,16,18-19H2,1-2H3,(H,28,32)/t27-/m0/s1. The molecule has 0 unspecified atom stereocenters. The molecule has 1 atom stereocenters. The fraction of sp³-hybridized carbons (Fsp3) is 0.296. The van der Waals surface area contributed by atoms with Crippen LogP contribution in [-0.4, -0.2) is 41.3 Å². The van der Waals surface area contributed by atoms with E-state index in [-0.39, 0.29) is 11.8 Å². The highest BCUT2D eigenvalue weighted by atomic mass is 16.2. The minimum atomic E-state index is -0.666. The van der Waals surface area contributed by atoms with Crippen LogP contribution in [0.1, 0.15) is 35.0 Å². The van der Waals surface area contributed by atoms with Crippen molar-refractivity contribution in [3.8, 4) is 11.1 Å². The quantitative estimate of drug-likeness (QED) is 0.639. The number of aryl methyl sites for hydroxylation is 1. The van der Waals surface area contributed by atoms with Gasteiger partial charge in [0.1, 0.15) is 5.69 Å². The van der Waals surface area contributed by atoms with Crippen LogP contribution in [-0.2, 0) is 11.2 Å². The molecular weight excluding hydrogens is 398 g/mol. The molecule has 1 N–H and O–H groups in total. The van der Waals surface area contributed by atoms with E-state index in [4.69, 9.17) is 0 Å². The molecule has 164 valence electrons. The summed E-state index contributed by atoms with van der Waals surface area (Å²) >= 11 is 0. The van der Waals surface area contributed by atoms with Gasteiger partial charge in [-0.15, -0.1) is 0 Å². The minimum Gasteiger partial charge on any atom is -0.356 e. The molecule has 1 aromatic heterocycles. The predicted octanol–water partition coefficient (Wildman–Crippen LogP) is 4.27. The lowest BCUT2D eigenvalue weighted by Gasteiger charge is -2.29. The van der Waals surface area contributed by atoms with Gasteiger partial charge in [0.2, 0.25) is 5.91 Å². The van der Waals surface area contributed by atoms with Crippen molar-refractivity contribution in [2.45, 2.75) is 26.7 Å². The average molecular weight is 428 g/mol. The number of hydrogen-bond acceptors (Lipinski definition) is 3. The van der Waals surface area contributed by atoms with Crippen LogP contribution >= 0.6 is 0 Å². The SMILES string of the molecule is CCNC(=O)[C@]1(Cc2ccccc2-c2cccc(C)c2)CCN(C(=O)c2ccccn2)C1. The van der Waals surface area contributed by atoms with Gasteiger partial charge in [0, 0.05) is 25.8 Å². The first-order valence-electron chi connectivity index (χ1n) is 11.2. The Morgan fingerprint density at radius 3 is 2.62 bits per heavy atom. The molecule has 1 fully saturated rings. The van der Waals surface area contributed by atoms with Crippen molar-refractivity contribution >= 4 is 11.8 Å². The Kier molecular flexibility index (Phi) is 6.35. The Bertz CT molecular complexity index is 1110. The highest BCUT2D eigenvalue weighted by Gasteiger charge is 2.46. The third kappa shape index (κ3) is 4.42. The van der Waals surface area contributed by atoms with Gasteiger partial charge in [0.05, 0.1) is 5.41 Å². The second-order valence-corrected chi connectivity index (χ2v) is 8.53. The van der Waals surface area contributed by atoms with E-state index >= 15 is 0 Å². The van der Waals surface area contributed by atoms with E-state index in [2.05, 4.69) is 53.6 Å². The number of nitrogens with one attached hydrogen (secondary N) is 1. The lowest BCUT2D eigenvalue weighted by molar-refractivity contribution is -0.130. The van der Waals surface area contributed by atoms with Crippen LogP contribution in [0.5, 0.6) is 0 Å². The highest BCUT2D eigenvalue weighted by molar-refractivity contribution is 5.94. The first-order chi connectivity index (χ1) is 15.5. The molecule has 2 amide bonds. The second-order valence-electron chi connectivity index (χ2n) is 8.53. The van der Waals surface area contributed by atoms with Gasteiger partial charge in [0.25, 0.3) is 5.91 Å². The van der Waals surface area contributed by atoms with Gasteiger partial charge in [-0.05, 0) is 55.5 Å². The van der Waals surface area contributed by atoms with E-state index in [1.165, 1.54) is 5.56 Å². The van der Waals surface area contributed by atoms with Crippen LogP contribution in [0.15, 0.2) is 72.9 Å². The number of rotatable bonds is 6. The largest absolute Gasteiger partial charge is 0.356 e. The van der Waals surface area contributed by atoms with Crippen molar-refractivity contribution in [1.29, 1.82) is 0 Å². The van der Waals surface area contributed by atoms with E-state index in [9.17, 15) is 9.59 Å². The molecule has 1 aliphatic heterocycles. The van der Waals surface area contributed by atoms with Gasteiger partial charge in [-0.2, -0.15) is 0 Å². The third-order valence-electron chi connectivity index (χ3n) is 6.22. The zero-order valence-electron chi connectivity index (χ0n) is 18.7. The van der Waals surface area contributed by atoms with Gasteiger partial charge < -0.3 is 10.2 Å². The van der Waals surface area contributed by atoms with Crippen molar-refractivity contribution in [2.75, 3.05) is 19.6 Å². The maximum atomic E-state index is 13.3. The molecule has 2 aromatic carbocycles. The summed E-state index contributed by atoms with van der Waals surface area (Å²) in [6.07, 6.45) is 2.83. The Labute approximate surface area is 189 Å². The van der Waals surface area contributed by atoms with E-state index < -0.39 is 5.41 Å². The Morgan fingerprint density at radius 1 is 1.06 bits per heavy atom. The van der Waals surface area contributed by atoms with Gasteiger partial charge >= 0.3 is 0 Å². The molecular formula is C27H29N3O2. The summed E-state index contributed by atoms with van der Waals surface area (Å²) in [5.74, 6) is -0.112. The van der Waals surface area contributed by atoms with Crippen LogP contribution in [0.2, 0.25) is 0 Å². The Hall–Kier alpha value is -3.47. The number of carbonyl (C=O) groups excluding carboxylic acids is 2. The maximum Gasteiger partial charge on any atom is 0.272 e. The fourth-order valence-corrected chi connectivity index (χ4v) is 4.59. The summed E-state index contributed by atoms with van der Waals surface area (Å²) in [7, 11) is 0. The van der Waals surface area contributed by atoms with Crippen LogP contribution in [0.3, 0.4) is 0 Å². The third-order valence-corrected chi connectivity index (χ3v) is 6.22. The first kappa shape index (κ1) is 21.8. The number of likely N-dealkylation sites (tertiary alicyclic amines) is 1. The second kappa shape index (κ2) is 9.35. The number of carbonyl (C=O) groups is 2. The van der Waals surface area contributed by atoms with E-state index in [0.29, 0.717) is 38.2 Å². The molecule has 0 bridgehead atoms. The monoisotopic (exact) mass is 427 g/mol. The van der Waals surface area contributed by atoms with Crippen LogP contribution in [0.25, 0.3) is 11.1 Å². The molecule has 0 radical (unpaired) electrons.